The number of phosphoric acid groups is 1. The van der Waals surface area contributed by atoms with E-state index < -0.39 is 50.9 Å². The lowest BCUT2D eigenvalue weighted by atomic mass is 10.1. The molecule has 1 aliphatic heterocycles. The van der Waals surface area contributed by atoms with Crippen LogP contribution in [0.1, 0.15) is 39.1 Å². The van der Waals surface area contributed by atoms with Crippen molar-refractivity contribution in [3.05, 3.63) is 12.0 Å². The number of esters is 1. The molecule has 13 nitrogen and oxygen atoms in total. The zero-order valence-electron chi connectivity index (χ0n) is 16.9. The van der Waals surface area contributed by atoms with Crippen molar-refractivity contribution in [2.75, 3.05) is 6.61 Å². The Morgan fingerprint density at radius 1 is 1.48 bits per heavy atom. The van der Waals surface area contributed by atoms with Crippen molar-refractivity contribution in [2.24, 2.45) is 4.99 Å². The van der Waals surface area contributed by atoms with Crippen LogP contribution < -0.4 is 5.32 Å². The predicted molar refractivity (Wildman–Crippen MR) is 104 cm³/mol. The van der Waals surface area contributed by atoms with Crippen LogP contribution in [-0.2, 0) is 28.2 Å². The fourth-order valence-electron chi connectivity index (χ4n) is 2.81. The van der Waals surface area contributed by atoms with Gasteiger partial charge in [0.1, 0.15) is 11.8 Å². The standard InChI is InChI=1S/C16H23FN5O8P/c1-4-5-19-15-12(14(18)21-8(2)23)20-7-22(15)16-11(17)13(29-9(3)24)10(30-16)6-28-31(25,26)27/h5,7,10-11,13,16H,4,6H2,1-3H3,(H2,18,21,23)(H2,25,26,27)/b19-5+. The quantitative estimate of drug-likeness (QED) is 0.187. The highest BCUT2D eigenvalue weighted by molar-refractivity contribution is 7.46. The number of amides is 1. The lowest BCUT2D eigenvalue weighted by Crippen LogP contribution is -2.35. The Hall–Kier alpha value is -2.51. The van der Waals surface area contributed by atoms with Gasteiger partial charge in [0.25, 0.3) is 0 Å². The molecule has 0 radical (unpaired) electrons. The van der Waals surface area contributed by atoms with Gasteiger partial charge in [-0.25, -0.2) is 18.9 Å². The maximum absolute atomic E-state index is 15.2. The Bertz CT molecular complexity index is 916. The molecule has 4 N–H and O–H groups in total. The van der Waals surface area contributed by atoms with Crippen molar-refractivity contribution in [1.82, 2.24) is 14.9 Å². The number of phosphoric ester groups is 1. The van der Waals surface area contributed by atoms with Gasteiger partial charge in [-0.3, -0.25) is 24.1 Å². The molecule has 0 aliphatic carbocycles. The highest BCUT2D eigenvalue weighted by Crippen LogP contribution is 2.41. The van der Waals surface area contributed by atoms with E-state index in [-0.39, 0.29) is 17.3 Å². The molecule has 0 saturated carbocycles. The normalized spacial score (nSPS) is 23.8. The number of halogens is 1. The van der Waals surface area contributed by atoms with Gasteiger partial charge in [-0.1, -0.05) is 6.92 Å². The fourth-order valence-corrected chi connectivity index (χ4v) is 3.15. The Balaban J connectivity index is 2.41. The molecule has 1 aliphatic rings. The monoisotopic (exact) mass is 463 g/mol. The first-order valence-electron chi connectivity index (χ1n) is 9.07. The minimum Gasteiger partial charge on any atom is -0.456 e. The lowest BCUT2D eigenvalue weighted by molar-refractivity contribution is -0.152. The summed E-state index contributed by atoms with van der Waals surface area (Å²) < 4.78 is 42.2. The largest absolute Gasteiger partial charge is 0.469 e. The Labute approximate surface area is 176 Å². The van der Waals surface area contributed by atoms with E-state index in [2.05, 4.69) is 19.8 Å². The van der Waals surface area contributed by atoms with Crippen molar-refractivity contribution < 1.29 is 42.3 Å². The van der Waals surface area contributed by atoms with Crippen molar-refractivity contribution in [3.8, 4) is 0 Å². The minimum atomic E-state index is -4.89. The molecular weight excluding hydrogens is 440 g/mol. The molecule has 0 spiro atoms. The zero-order chi connectivity index (χ0) is 23.3. The fraction of sp³-hybridized carbons (Fsp3) is 0.562. The second-order valence-corrected chi connectivity index (χ2v) is 7.71. The number of amidine groups is 1. The molecule has 1 aromatic heterocycles. The number of nitrogens with zero attached hydrogens (tertiary/aromatic N) is 3. The van der Waals surface area contributed by atoms with Crippen molar-refractivity contribution in [3.63, 3.8) is 0 Å². The van der Waals surface area contributed by atoms with E-state index in [1.54, 1.807) is 6.92 Å². The first-order valence-corrected chi connectivity index (χ1v) is 10.6. The van der Waals surface area contributed by atoms with E-state index >= 15 is 4.39 Å². The van der Waals surface area contributed by atoms with Gasteiger partial charge < -0.3 is 24.6 Å². The van der Waals surface area contributed by atoms with Crippen LogP contribution in [0.4, 0.5) is 10.2 Å². The van der Waals surface area contributed by atoms with Crippen LogP contribution in [0, 0.1) is 5.41 Å². The topological polar surface area (TPSA) is 185 Å². The number of carbonyl (C=O) groups excluding carboxylic acids is 2. The maximum Gasteiger partial charge on any atom is 0.469 e. The molecule has 0 aromatic carbocycles. The summed E-state index contributed by atoms with van der Waals surface area (Å²) in [5, 5.41) is 10.2. The van der Waals surface area contributed by atoms with E-state index in [9.17, 15) is 14.2 Å². The molecule has 172 valence electrons. The number of hydrogen-bond acceptors (Lipinski definition) is 9. The summed E-state index contributed by atoms with van der Waals surface area (Å²) in [6.07, 6.45) is -3.23. The van der Waals surface area contributed by atoms with Gasteiger partial charge in [0, 0.05) is 20.1 Å². The Morgan fingerprint density at radius 3 is 2.71 bits per heavy atom. The van der Waals surface area contributed by atoms with Gasteiger partial charge in [-0.2, -0.15) is 0 Å². The molecule has 1 saturated heterocycles. The van der Waals surface area contributed by atoms with Gasteiger partial charge >= 0.3 is 13.8 Å². The number of aromatic nitrogens is 2. The molecule has 31 heavy (non-hydrogen) atoms. The molecule has 0 bridgehead atoms. The number of carbonyl (C=O) groups is 2. The molecule has 1 fully saturated rings. The van der Waals surface area contributed by atoms with Crippen LogP contribution in [0.2, 0.25) is 0 Å². The van der Waals surface area contributed by atoms with Gasteiger partial charge in [0.15, 0.2) is 30.2 Å². The van der Waals surface area contributed by atoms with E-state index in [0.717, 1.165) is 17.8 Å². The van der Waals surface area contributed by atoms with Gasteiger partial charge in [0.2, 0.25) is 5.91 Å². The summed E-state index contributed by atoms with van der Waals surface area (Å²) in [6, 6.07) is 0. The minimum absolute atomic E-state index is 0.00798. The SMILES string of the molecule is CC/C=N/c1c(C(=N)NC(C)=O)ncn1C1OC(COP(=O)(O)O)C(OC(C)=O)C1F. The molecule has 1 aromatic rings. The zero-order valence-corrected chi connectivity index (χ0v) is 17.8. The third-order valence-corrected chi connectivity index (χ3v) is 4.44. The molecule has 2 heterocycles. The summed E-state index contributed by atoms with van der Waals surface area (Å²) in [5.74, 6) is -1.73. The predicted octanol–water partition coefficient (Wildman–Crippen LogP) is 0.733. The second kappa shape index (κ2) is 10.2. The third-order valence-electron chi connectivity index (χ3n) is 3.95. The van der Waals surface area contributed by atoms with Crippen molar-refractivity contribution in [2.45, 2.75) is 51.8 Å². The number of alkyl halides is 1. The van der Waals surface area contributed by atoms with Gasteiger partial charge in [-0.15, -0.1) is 0 Å². The molecule has 15 heteroatoms. The van der Waals surface area contributed by atoms with Crippen LogP contribution in [-0.4, -0.2) is 68.3 Å². The van der Waals surface area contributed by atoms with Crippen LogP contribution in [0.25, 0.3) is 0 Å². The Morgan fingerprint density at radius 2 is 2.16 bits per heavy atom. The van der Waals surface area contributed by atoms with Gasteiger partial charge in [0.05, 0.1) is 12.9 Å². The summed E-state index contributed by atoms with van der Waals surface area (Å²) in [5.41, 5.74) is -0.0605. The highest BCUT2D eigenvalue weighted by Gasteiger charge is 2.49. The van der Waals surface area contributed by atoms with Crippen LogP contribution in [0.5, 0.6) is 0 Å². The number of rotatable bonds is 8. The molecular formula is C16H23FN5O8P. The second-order valence-electron chi connectivity index (χ2n) is 6.47. The number of nitrogens with one attached hydrogen (secondary N) is 2. The number of aliphatic imine (C=N–C) groups is 1. The lowest BCUT2D eigenvalue weighted by Gasteiger charge is -2.18. The van der Waals surface area contributed by atoms with E-state index in [4.69, 9.17) is 24.7 Å². The number of ether oxygens (including phenoxy) is 2. The first-order chi connectivity index (χ1) is 14.4. The van der Waals surface area contributed by atoms with Gasteiger partial charge in [-0.05, 0) is 6.42 Å². The summed E-state index contributed by atoms with van der Waals surface area (Å²) in [7, 11) is -4.89. The van der Waals surface area contributed by atoms with E-state index in [1.807, 2.05) is 0 Å². The average Bonchev–Trinajstić information content (AvgIpc) is 3.18. The molecule has 2 rings (SSSR count). The average molecular weight is 463 g/mol. The Kier molecular flexibility index (Phi) is 8.14. The number of hydrogen-bond donors (Lipinski definition) is 4. The van der Waals surface area contributed by atoms with E-state index in [0.29, 0.717) is 6.42 Å². The van der Waals surface area contributed by atoms with Crippen molar-refractivity contribution >= 4 is 37.6 Å². The summed E-state index contributed by atoms with van der Waals surface area (Å²) in [6.45, 7) is 3.28. The smallest absolute Gasteiger partial charge is 0.456 e. The van der Waals surface area contributed by atoms with Crippen molar-refractivity contribution in [1.29, 1.82) is 5.41 Å². The summed E-state index contributed by atoms with van der Waals surface area (Å²) in [4.78, 5) is 48.6. The first kappa shape index (κ1) is 24.8. The molecule has 4 unspecified atom stereocenters. The van der Waals surface area contributed by atoms with E-state index in [1.165, 1.54) is 13.1 Å². The van der Waals surface area contributed by atoms with Crippen LogP contribution in [0.15, 0.2) is 11.3 Å². The van der Waals surface area contributed by atoms with Crippen LogP contribution >= 0.6 is 7.82 Å². The third kappa shape index (κ3) is 6.48. The molecule has 4 atom stereocenters. The summed E-state index contributed by atoms with van der Waals surface area (Å²) >= 11 is 0. The van der Waals surface area contributed by atoms with Crippen LogP contribution in [0.3, 0.4) is 0 Å². The maximum atomic E-state index is 15.2. The highest BCUT2D eigenvalue weighted by atomic mass is 31.2. The molecule has 1 amide bonds. The number of imidazole rings is 1.